The Morgan fingerprint density at radius 1 is 1.10 bits per heavy atom. The molecule has 7 nitrogen and oxygen atoms in total. The average Bonchev–Trinajstić information content (AvgIpc) is 3.27. The van der Waals surface area contributed by atoms with E-state index in [2.05, 4.69) is 10.2 Å². The molecule has 8 heteroatoms. The molecule has 0 bridgehead atoms. The second-order valence-corrected chi connectivity index (χ2v) is 7.51. The van der Waals surface area contributed by atoms with Crippen LogP contribution in [0.3, 0.4) is 0 Å². The van der Waals surface area contributed by atoms with Crippen LogP contribution in [0.2, 0.25) is 5.02 Å². The van der Waals surface area contributed by atoms with Crippen LogP contribution < -0.4 is 0 Å². The summed E-state index contributed by atoms with van der Waals surface area (Å²) >= 11 is 6.37. The molecule has 0 radical (unpaired) electrons. The number of hydrogen-bond acceptors (Lipinski definition) is 7. The molecule has 3 N–H and O–H groups in total. The third-order valence-electron chi connectivity index (χ3n) is 5.06. The van der Waals surface area contributed by atoms with Crippen LogP contribution in [0, 0.1) is 0 Å². The molecule has 0 spiro atoms. The van der Waals surface area contributed by atoms with E-state index in [0.29, 0.717) is 22.7 Å². The Bertz CT molecular complexity index is 948. The van der Waals surface area contributed by atoms with E-state index in [-0.39, 0.29) is 13.0 Å². The summed E-state index contributed by atoms with van der Waals surface area (Å²) in [5, 5.41) is 38.9. The van der Waals surface area contributed by atoms with Crippen LogP contribution in [-0.2, 0) is 11.2 Å². The van der Waals surface area contributed by atoms with Crippen LogP contribution in [0.4, 0.5) is 0 Å². The van der Waals surface area contributed by atoms with Gasteiger partial charge in [-0.05, 0) is 35.4 Å². The highest BCUT2D eigenvalue weighted by atomic mass is 35.5. The van der Waals surface area contributed by atoms with Gasteiger partial charge in [0.1, 0.15) is 12.2 Å². The van der Waals surface area contributed by atoms with Crippen molar-refractivity contribution in [2.24, 2.45) is 0 Å². The predicted molar refractivity (Wildman–Crippen MR) is 105 cm³/mol. The second kappa shape index (κ2) is 8.61. The van der Waals surface area contributed by atoms with Gasteiger partial charge in [-0.2, -0.15) is 10.2 Å². The molecule has 2 aromatic heterocycles. The van der Waals surface area contributed by atoms with E-state index in [1.807, 2.05) is 24.3 Å². The molecule has 1 aliphatic rings. The van der Waals surface area contributed by atoms with Gasteiger partial charge in [-0.1, -0.05) is 23.7 Å². The molecule has 3 heterocycles. The molecule has 1 aromatic carbocycles. The van der Waals surface area contributed by atoms with E-state index in [0.717, 1.165) is 16.8 Å². The van der Waals surface area contributed by atoms with Crippen LogP contribution in [0.5, 0.6) is 0 Å². The summed E-state index contributed by atoms with van der Waals surface area (Å²) in [6, 6.07) is 10.9. The van der Waals surface area contributed by atoms with Gasteiger partial charge in [0.25, 0.3) is 0 Å². The second-order valence-electron chi connectivity index (χ2n) is 7.10. The van der Waals surface area contributed by atoms with Gasteiger partial charge in [0.15, 0.2) is 0 Å². The molecule has 0 saturated carbocycles. The first-order chi connectivity index (χ1) is 14.0. The van der Waals surface area contributed by atoms with Crippen molar-refractivity contribution in [3.63, 3.8) is 0 Å². The maximum atomic E-state index is 10.4. The Morgan fingerprint density at radius 2 is 1.97 bits per heavy atom. The quantitative estimate of drug-likeness (QED) is 0.586. The molecule has 152 valence electrons. The first kappa shape index (κ1) is 20.0. The van der Waals surface area contributed by atoms with Crippen LogP contribution in [0.1, 0.15) is 29.3 Å². The number of aromatic nitrogens is 2. The van der Waals surface area contributed by atoms with E-state index >= 15 is 0 Å². The van der Waals surface area contributed by atoms with Crippen molar-refractivity contribution in [2.45, 2.75) is 37.3 Å². The fraction of sp³-hybridized carbons (Fsp3) is 0.333. The maximum Gasteiger partial charge on any atom is 0.111 e. The molecule has 4 rings (SSSR count). The van der Waals surface area contributed by atoms with E-state index < -0.39 is 24.4 Å². The highest BCUT2D eigenvalue weighted by Gasteiger charge is 2.37. The molecule has 1 fully saturated rings. The van der Waals surface area contributed by atoms with Crippen molar-refractivity contribution in [1.82, 2.24) is 10.2 Å². The zero-order valence-electron chi connectivity index (χ0n) is 15.5. The molecule has 1 saturated heterocycles. The lowest BCUT2D eigenvalue weighted by Crippen LogP contribution is -2.44. The number of aliphatic hydroxyl groups excluding tert-OH is 3. The minimum Gasteiger partial charge on any atom is -0.472 e. The summed E-state index contributed by atoms with van der Waals surface area (Å²) in [4.78, 5) is 0. The Labute approximate surface area is 172 Å². The van der Waals surface area contributed by atoms with Crippen LogP contribution in [-0.4, -0.2) is 50.4 Å². The number of furan rings is 1. The molecule has 0 amide bonds. The summed E-state index contributed by atoms with van der Waals surface area (Å²) in [7, 11) is 0. The summed E-state index contributed by atoms with van der Waals surface area (Å²) in [5.74, 6) is 0. The Morgan fingerprint density at radius 3 is 2.66 bits per heavy atom. The first-order valence-corrected chi connectivity index (χ1v) is 9.69. The van der Waals surface area contributed by atoms with Crippen molar-refractivity contribution < 1.29 is 24.5 Å². The average molecular weight is 417 g/mol. The number of hydrogen-bond donors (Lipinski definition) is 3. The van der Waals surface area contributed by atoms with Crippen LogP contribution in [0.25, 0.3) is 11.3 Å². The molecule has 0 aliphatic carbocycles. The van der Waals surface area contributed by atoms with Crippen molar-refractivity contribution in [2.75, 3.05) is 6.61 Å². The van der Waals surface area contributed by atoms with E-state index in [1.165, 1.54) is 0 Å². The van der Waals surface area contributed by atoms with Gasteiger partial charge >= 0.3 is 0 Å². The lowest BCUT2D eigenvalue weighted by atomic mass is 9.92. The molecule has 1 aliphatic heterocycles. The number of benzene rings is 1. The smallest absolute Gasteiger partial charge is 0.111 e. The van der Waals surface area contributed by atoms with Gasteiger partial charge in [-0.15, -0.1) is 0 Å². The number of aliphatic hydroxyl groups is 3. The standard InChI is InChI=1S/C21H21ClN2O5/c22-17-3-1-12(21-20(27)19(26)9-16(10-25)29-21)7-14(17)8-15-2-4-18(24-23-15)13-5-6-28-11-13/h1-7,11,16,19-21,25-27H,8-10H2/t16-,19-,20+,21-/m0/s1. The molecule has 4 atom stereocenters. The molecule has 0 unspecified atom stereocenters. The molecular weight excluding hydrogens is 396 g/mol. The first-order valence-electron chi connectivity index (χ1n) is 9.31. The number of halogens is 1. The zero-order chi connectivity index (χ0) is 20.4. The topological polar surface area (TPSA) is 109 Å². The summed E-state index contributed by atoms with van der Waals surface area (Å²) in [6.45, 7) is -0.223. The summed E-state index contributed by atoms with van der Waals surface area (Å²) in [6.07, 6.45) is 0.490. The fourth-order valence-corrected chi connectivity index (χ4v) is 3.65. The summed E-state index contributed by atoms with van der Waals surface area (Å²) < 4.78 is 10.8. The lowest BCUT2D eigenvalue weighted by molar-refractivity contribution is -0.179. The third-order valence-corrected chi connectivity index (χ3v) is 5.43. The maximum absolute atomic E-state index is 10.4. The van der Waals surface area contributed by atoms with Crippen LogP contribution in [0.15, 0.2) is 53.3 Å². The normalized spacial score (nSPS) is 24.6. The highest BCUT2D eigenvalue weighted by Crippen LogP contribution is 2.34. The van der Waals surface area contributed by atoms with Gasteiger partial charge in [0.2, 0.25) is 0 Å². The third kappa shape index (κ3) is 4.34. The van der Waals surface area contributed by atoms with Crippen LogP contribution >= 0.6 is 11.6 Å². The predicted octanol–water partition coefficient (Wildman–Crippen LogP) is 2.52. The van der Waals surface area contributed by atoms with Gasteiger partial charge in [0.05, 0.1) is 42.7 Å². The highest BCUT2D eigenvalue weighted by molar-refractivity contribution is 6.31. The number of rotatable bonds is 5. The van der Waals surface area contributed by atoms with Gasteiger partial charge in [-0.25, -0.2) is 0 Å². The molecule has 3 aromatic rings. The van der Waals surface area contributed by atoms with Crippen molar-refractivity contribution >= 4 is 11.6 Å². The SMILES string of the molecule is OC[C@@H]1C[C@H](O)[C@@H](O)[C@H](c2ccc(Cl)c(Cc3ccc(-c4ccoc4)nn3)c2)O1. The Balaban J connectivity index is 1.55. The lowest BCUT2D eigenvalue weighted by Gasteiger charge is -2.37. The van der Waals surface area contributed by atoms with E-state index in [9.17, 15) is 15.3 Å². The monoisotopic (exact) mass is 416 g/mol. The Hall–Kier alpha value is -2.29. The minimum absolute atomic E-state index is 0.188. The van der Waals surface area contributed by atoms with Gasteiger partial charge in [-0.3, -0.25) is 0 Å². The number of ether oxygens (including phenoxy) is 1. The largest absolute Gasteiger partial charge is 0.472 e. The van der Waals surface area contributed by atoms with Crippen molar-refractivity contribution in [3.05, 3.63) is 70.8 Å². The van der Waals surface area contributed by atoms with E-state index in [4.69, 9.17) is 20.8 Å². The zero-order valence-corrected chi connectivity index (χ0v) is 16.2. The summed E-state index contributed by atoms with van der Waals surface area (Å²) in [5.41, 5.74) is 3.77. The molecular formula is C21H21ClN2O5. The fourth-order valence-electron chi connectivity index (χ4n) is 3.47. The number of nitrogens with zero attached hydrogens (tertiary/aromatic N) is 2. The van der Waals surface area contributed by atoms with Crippen molar-refractivity contribution in [3.8, 4) is 11.3 Å². The van der Waals surface area contributed by atoms with E-state index in [1.54, 1.807) is 24.7 Å². The van der Waals surface area contributed by atoms with Gasteiger partial charge in [0, 0.05) is 23.4 Å². The Kier molecular flexibility index (Phi) is 5.94. The van der Waals surface area contributed by atoms with Crippen molar-refractivity contribution in [1.29, 1.82) is 0 Å². The molecule has 29 heavy (non-hydrogen) atoms. The minimum atomic E-state index is -1.08. The van der Waals surface area contributed by atoms with Gasteiger partial charge < -0.3 is 24.5 Å².